The smallest absolute Gasteiger partial charge is 0.441 e. The van der Waals surface area contributed by atoms with Gasteiger partial charge < -0.3 is 4.74 Å². The third-order valence-electron chi connectivity index (χ3n) is 2.01. The zero-order valence-electron chi connectivity index (χ0n) is 10.2. The first-order valence-electron chi connectivity index (χ1n) is 5.36. The van der Waals surface area contributed by atoms with Crippen molar-refractivity contribution in [3.05, 3.63) is 0 Å². The summed E-state index contributed by atoms with van der Waals surface area (Å²) in [6, 6.07) is 0.00763. The Balaban J connectivity index is 4.03. The molecule has 0 fully saturated rings. The van der Waals surface area contributed by atoms with Gasteiger partial charge in [-0.25, -0.2) is 0 Å². The van der Waals surface area contributed by atoms with Gasteiger partial charge in [-0.1, -0.05) is 0 Å². The molecule has 17 heavy (non-hydrogen) atoms. The first-order chi connectivity index (χ1) is 7.76. The summed E-state index contributed by atoms with van der Waals surface area (Å²) in [5.74, 6) is -0.487. The number of esters is 1. The topological polar surface area (TPSA) is 29.5 Å². The van der Waals surface area contributed by atoms with Crippen molar-refractivity contribution >= 4 is 17.7 Å². The molecule has 0 rings (SSSR count). The second-order valence-corrected chi connectivity index (χ2v) is 4.82. The van der Waals surface area contributed by atoms with E-state index in [0.29, 0.717) is 0 Å². The third kappa shape index (κ3) is 9.29. The Labute approximate surface area is 104 Å². The summed E-state index contributed by atoms with van der Waals surface area (Å²) in [4.78, 5) is 12.9. The first kappa shape index (κ1) is 16.6. The van der Waals surface area contributed by atoms with E-state index < -0.39 is 11.5 Å². The summed E-state index contributed by atoms with van der Waals surface area (Å²) < 4.78 is 40.6. The van der Waals surface area contributed by atoms with Crippen molar-refractivity contribution in [2.75, 3.05) is 25.4 Å². The predicted octanol–water partition coefficient (Wildman–Crippen LogP) is 2.51. The maximum absolute atomic E-state index is 11.9. The number of halogens is 3. The first-order valence-corrected chi connectivity index (χ1v) is 6.35. The van der Waals surface area contributed by atoms with Gasteiger partial charge in [-0.2, -0.15) is 13.2 Å². The van der Waals surface area contributed by atoms with Crippen molar-refractivity contribution in [3.63, 3.8) is 0 Å². The zero-order chi connectivity index (χ0) is 13.5. The van der Waals surface area contributed by atoms with Gasteiger partial charge in [0, 0.05) is 18.3 Å². The molecule has 102 valence electrons. The molecule has 0 spiro atoms. The summed E-state index contributed by atoms with van der Waals surface area (Å²) in [7, 11) is 0. The molecule has 0 saturated heterocycles. The molecule has 0 aliphatic carbocycles. The summed E-state index contributed by atoms with van der Waals surface area (Å²) >= 11 is -0.0740. The molecule has 0 amide bonds. The number of carbonyl (C=O) groups is 1. The number of thioether (sulfide) groups is 1. The molecule has 0 bridgehead atoms. The lowest BCUT2D eigenvalue weighted by molar-refractivity contribution is -0.144. The van der Waals surface area contributed by atoms with E-state index in [0.717, 1.165) is 0 Å². The number of alkyl halides is 3. The van der Waals surface area contributed by atoms with Crippen LogP contribution in [0, 0.1) is 0 Å². The normalized spacial score (nSPS) is 12.2. The van der Waals surface area contributed by atoms with Crippen LogP contribution in [0.15, 0.2) is 0 Å². The molecule has 0 aliphatic rings. The molecule has 0 unspecified atom stereocenters. The third-order valence-corrected chi connectivity index (χ3v) is 2.73. The van der Waals surface area contributed by atoms with Crippen LogP contribution >= 0.6 is 11.8 Å². The van der Waals surface area contributed by atoms with Crippen LogP contribution < -0.4 is 0 Å². The van der Waals surface area contributed by atoms with Crippen molar-refractivity contribution in [1.82, 2.24) is 4.90 Å². The Morgan fingerprint density at radius 2 is 2.00 bits per heavy atom. The molecule has 0 aromatic heterocycles. The van der Waals surface area contributed by atoms with E-state index in [2.05, 4.69) is 0 Å². The number of hydrogen-bond acceptors (Lipinski definition) is 4. The fourth-order valence-electron chi connectivity index (χ4n) is 1.17. The average Bonchev–Trinajstić information content (AvgIpc) is 2.14. The average molecular weight is 273 g/mol. The Morgan fingerprint density at radius 3 is 2.41 bits per heavy atom. The predicted molar refractivity (Wildman–Crippen MR) is 61.9 cm³/mol. The maximum Gasteiger partial charge on any atom is 0.441 e. The van der Waals surface area contributed by atoms with Gasteiger partial charge in [-0.05, 0) is 32.5 Å². The van der Waals surface area contributed by atoms with Crippen molar-refractivity contribution in [2.45, 2.75) is 32.3 Å². The molecule has 0 saturated carbocycles. The molecule has 0 radical (unpaired) electrons. The van der Waals surface area contributed by atoms with Crippen LogP contribution in [0.5, 0.6) is 0 Å². The summed E-state index contributed by atoms with van der Waals surface area (Å²) in [6.45, 7) is 5.87. The molecular formula is C10H18F3NO2S. The van der Waals surface area contributed by atoms with Gasteiger partial charge >= 0.3 is 11.5 Å². The van der Waals surface area contributed by atoms with Crippen LogP contribution in [0.25, 0.3) is 0 Å². The highest BCUT2D eigenvalue weighted by molar-refractivity contribution is 8.00. The standard InChI is InChI=1S/C10H18F3NO2S/c1-4-16-9(15)7-14(8(2)3)5-6-17-10(11,12)13/h8H,4-7H2,1-3H3. The lowest BCUT2D eigenvalue weighted by Gasteiger charge is -2.25. The molecule has 0 heterocycles. The molecule has 0 aromatic carbocycles. The van der Waals surface area contributed by atoms with E-state index in [1.807, 2.05) is 13.8 Å². The SMILES string of the molecule is CCOC(=O)CN(CCSC(F)(F)F)C(C)C. The van der Waals surface area contributed by atoms with Gasteiger partial charge in [-0.15, -0.1) is 0 Å². The van der Waals surface area contributed by atoms with Gasteiger partial charge in [0.2, 0.25) is 0 Å². The van der Waals surface area contributed by atoms with E-state index in [-0.39, 0.29) is 43.3 Å². The van der Waals surface area contributed by atoms with Crippen molar-refractivity contribution in [1.29, 1.82) is 0 Å². The van der Waals surface area contributed by atoms with Gasteiger partial charge in [0.25, 0.3) is 0 Å². The Bertz CT molecular complexity index is 234. The van der Waals surface area contributed by atoms with Crippen LogP contribution in [0.3, 0.4) is 0 Å². The van der Waals surface area contributed by atoms with Crippen LogP contribution in [0.4, 0.5) is 13.2 Å². The molecule has 3 nitrogen and oxygen atoms in total. The van der Waals surface area contributed by atoms with Gasteiger partial charge in [0.1, 0.15) is 0 Å². The minimum atomic E-state index is -4.22. The van der Waals surface area contributed by atoms with Crippen molar-refractivity contribution in [2.24, 2.45) is 0 Å². The van der Waals surface area contributed by atoms with E-state index >= 15 is 0 Å². The highest BCUT2D eigenvalue weighted by Crippen LogP contribution is 2.29. The van der Waals surface area contributed by atoms with Crippen molar-refractivity contribution < 1.29 is 22.7 Å². The lowest BCUT2D eigenvalue weighted by Crippen LogP contribution is -2.38. The van der Waals surface area contributed by atoms with E-state index in [9.17, 15) is 18.0 Å². The highest BCUT2D eigenvalue weighted by Gasteiger charge is 2.28. The van der Waals surface area contributed by atoms with Crippen LogP contribution in [-0.2, 0) is 9.53 Å². The highest BCUT2D eigenvalue weighted by atomic mass is 32.2. The van der Waals surface area contributed by atoms with Gasteiger partial charge in [0.15, 0.2) is 0 Å². The zero-order valence-corrected chi connectivity index (χ0v) is 11.0. The molecule has 0 N–H and O–H groups in total. The fraction of sp³-hybridized carbons (Fsp3) is 0.900. The second-order valence-electron chi connectivity index (χ2n) is 3.66. The Hall–Kier alpha value is -0.430. The number of carbonyl (C=O) groups excluding carboxylic acids is 1. The largest absolute Gasteiger partial charge is 0.465 e. The van der Waals surface area contributed by atoms with Crippen LogP contribution in [-0.4, -0.2) is 47.9 Å². The summed E-state index contributed by atoms with van der Waals surface area (Å²) in [5.41, 5.74) is -4.22. The second kappa shape index (κ2) is 7.81. The fourth-order valence-corrected chi connectivity index (χ4v) is 1.73. The molecule has 7 heteroatoms. The number of hydrogen-bond donors (Lipinski definition) is 0. The van der Waals surface area contributed by atoms with Crippen LogP contribution in [0.2, 0.25) is 0 Å². The minimum absolute atomic E-state index is 0.00763. The summed E-state index contributed by atoms with van der Waals surface area (Å²) in [5, 5.41) is 0. The Kier molecular flexibility index (Phi) is 7.61. The van der Waals surface area contributed by atoms with Crippen molar-refractivity contribution in [3.8, 4) is 0 Å². The number of rotatable bonds is 7. The quantitative estimate of drug-likeness (QED) is 0.667. The van der Waals surface area contributed by atoms with Gasteiger partial charge in [-0.3, -0.25) is 9.69 Å². The van der Waals surface area contributed by atoms with E-state index in [1.165, 1.54) is 0 Å². The molecule has 0 aliphatic heterocycles. The maximum atomic E-state index is 11.9. The number of nitrogens with zero attached hydrogens (tertiary/aromatic N) is 1. The monoisotopic (exact) mass is 273 g/mol. The molecular weight excluding hydrogens is 255 g/mol. The number of ether oxygens (including phenoxy) is 1. The molecule has 0 aromatic rings. The van der Waals surface area contributed by atoms with E-state index in [4.69, 9.17) is 4.74 Å². The van der Waals surface area contributed by atoms with Crippen LogP contribution in [0.1, 0.15) is 20.8 Å². The summed E-state index contributed by atoms with van der Waals surface area (Å²) in [6.07, 6.45) is 0. The van der Waals surface area contributed by atoms with Gasteiger partial charge in [0.05, 0.1) is 13.2 Å². The molecule has 0 atom stereocenters. The Morgan fingerprint density at radius 1 is 1.41 bits per heavy atom. The van der Waals surface area contributed by atoms with E-state index in [1.54, 1.807) is 11.8 Å². The lowest BCUT2D eigenvalue weighted by atomic mass is 10.3. The minimum Gasteiger partial charge on any atom is -0.465 e.